The molecule has 2 aromatic rings. The molecule has 0 amide bonds. The molecule has 4 nitrogen and oxygen atoms in total. The normalized spacial score (nSPS) is 17.5. The minimum absolute atomic E-state index is 0.315. The molecule has 0 bridgehead atoms. The minimum Gasteiger partial charge on any atom is -0.398 e. The second kappa shape index (κ2) is 4.90. The van der Waals surface area contributed by atoms with E-state index in [0.717, 1.165) is 31.1 Å². The summed E-state index contributed by atoms with van der Waals surface area (Å²) in [7, 11) is 0. The van der Waals surface area contributed by atoms with Gasteiger partial charge < -0.3 is 16.2 Å². The maximum absolute atomic E-state index is 14.1. The number of rotatable bonds is 3. The Bertz CT molecular complexity index is 638. The van der Waals surface area contributed by atoms with E-state index in [0.29, 0.717) is 23.4 Å². The summed E-state index contributed by atoms with van der Waals surface area (Å²) in [5, 5.41) is 14.1. The molecule has 1 aromatic heterocycles. The number of benzene rings is 1. The Balaban J connectivity index is 1.94. The topological polar surface area (TPSA) is 71.2 Å². The first-order valence-electron chi connectivity index (χ1n) is 6.88. The van der Waals surface area contributed by atoms with E-state index in [1.807, 2.05) is 6.07 Å². The van der Waals surface area contributed by atoms with Gasteiger partial charge in [0.15, 0.2) is 5.82 Å². The van der Waals surface area contributed by atoms with Crippen molar-refractivity contribution in [3.8, 4) is 0 Å². The maximum Gasteiger partial charge on any atom is 0.150 e. The average Bonchev–Trinajstić information content (AvgIpc) is 2.86. The van der Waals surface area contributed by atoms with Crippen LogP contribution in [0.25, 0.3) is 10.9 Å². The number of nitrogens with zero attached hydrogens (tertiary/aromatic N) is 1. The number of anilines is 2. The summed E-state index contributed by atoms with van der Waals surface area (Å²) in [5.41, 5.74) is 6.26. The van der Waals surface area contributed by atoms with Gasteiger partial charge in [-0.3, -0.25) is 4.98 Å². The Morgan fingerprint density at radius 3 is 2.90 bits per heavy atom. The van der Waals surface area contributed by atoms with Crippen LogP contribution in [0.3, 0.4) is 0 Å². The summed E-state index contributed by atoms with van der Waals surface area (Å²) >= 11 is 0. The largest absolute Gasteiger partial charge is 0.398 e. The fraction of sp³-hybridized carbons (Fsp3) is 0.400. The summed E-state index contributed by atoms with van der Waals surface area (Å²) in [5.74, 6) is -0.435. The predicted octanol–water partition coefficient (Wildman–Crippen LogP) is 2.67. The molecule has 0 aliphatic heterocycles. The van der Waals surface area contributed by atoms with Gasteiger partial charge in [0.25, 0.3) is 0 Å². The fourth-order valence-electron chi connectivity index (χ4n) is 2.87. The summed E-state index contributed by atoms with van der Waals surface area (Å²) in [6, 6.07) is 4.88. The Morgan fingerprint density at radius 2 is 2.15 bits per heavy atom. The van der Waals surface area contributed by atoms with Crippen molar-refractivity contribution in [2.24, 2.45) is 0 Å². The lowest BCUT2D eigenvalue weighted by Crippen LogP contribution is -2.33. The zero-order valence-electron chi connectivity index (χ0n) is 11.2. The van der Waals surface area contributed by atoms with E-state index in [4.69, 9.17) is 5.73 Å². The Labute approximate surface area is 116 Å². The van der Waals surface area contributed by atoms with Gasteiger partial charge in [-0.1, -0.05) is 12.8 Å². The molecular weight excluding hydrogens is 257 g/mol. The van der Waals surface area contributed by atoms with Crippen molar-refractivity contribution in [3.63, 3.8) is 0 Å². The first-order valence-corrected chi connectivity index (χ1v) is 6.88. The third-order valence-corrected chi connectivity index (χ3v) is 4.01. The van der Waals surface area contributed by atoms with E-state index in [9.17, 15) is 9.50 Å². The van der Waals surface area contributed by atoms with E-state index in [1.165, 1.54) is 6.07 Å². The second-order valence-electron chi connectivity index (χ2n) is 5.51. The molecule has 3 rings (SSSR count). The van der Waals surface area contributed by atoms with Gasteiger partial charge in [-0.05, 0) is 31.0 Å². The van der Waals surface area contributed by atoms with Gasteiger partial charge >= 0.3 is 0 Å². The smallest absolute Gasteiger partial charge is 0.150 e. The van der Waals surface area contributed by atoms with Crippen LogP contribution in [0.5, 0.6) is 0 Å². The SMILES string of the molecule is Nc1cc(F)c(NCC2(O)CCCC2)c2ncccc12. The minimum atomic E-state index is -0.741. The molecule has 0 radical (unpaired) electrons. The van der Waals surface area contributed by atoms with Crippen LogP contribution in [0.15, 0.2) is 24.4 Å². The molecule has 106 valence electrons. The maximum atomic E-state index is 14.1. The highest BCUT2D eigenvalue weighted by Gasteiger charge is 2.31. The number of nitrogens with one attached hydrogen (secondary N) is 1. The van der Waals surface area contributed by atoms with Crippen molar-refractivity contribution in [2.45, 2.75) is 31.3 Å². The van der Waals surface area contributed by atoms with Crippen LogP contribution < -0.4 is 11.1 Å². The fourth-order valence-corrected chi connectivity index (χ4v) is 2.87. The number of nitrogen functional groups attached to an aromatic ring is 1. The average molecular weight is 275 g/mol. The van der Waals surface area contributed by atoms with Crippen LogP contribution in [0.4, 0.5) is 15.8 Å². The molecule has 0 unspecified atom stereocenters. The van der Waals surface area contributed by atoms with E-state index in [1.54, 1.807) is 12.3 Å². The summed E-state index contributed by atoms with van der Waals surface area (Å²) in [6.45, 7) is 0.333. The number of hydrogen-bond acceptors (Lipinski definition) is 4. The summed E-state index contributed by atoms with van der Waals surface area (Å²) in [6.07, 6.45) is 5.14. The molecule has 0 spiro atoms. The zero-order valence-corrected chi connectivity index (χ0v) is 11.2. The van der Waals surface area contributed by atoms with Crippen LogP contribution in [0.1, 0.15) is 25.7 Å². The van der Waals surface area contributed by atoms with Gasteiger partial charge in [-0.2, -0.15) is 0 Å². The molecule has 0 saturated heterocycles. The van der Waals surface area contributed by atoms with Crippen LogP contribution in [0, 0.1) is 5.82 Å². The highest BCUT2D eigenvalue weighted by Crippen LogP contribution is 2.33. The number of aliphatic hydroxyl groups is 1. The molecule has 1 fully saturated rings. The second-order valence-corrected chi connectivity index (χ2v) is 5.51. The van der Waals surface area contributed by atoms with E-state index < -0.39 is 11.4 Å². The third-order valence-electron chi connectivity index (χ3n) is 4.01. The number of halogens is 1. The quantitative estimate of drug-likeness (QED) is 0.753. The number of hydrogen-bond donors (Lipinski definition) is 3. The molecular formula is C15H18FN3O. The standard InChI is InChI=1S/C15H18FN3O/c16-11-8-12(17)10-4-3-7-18-13(10)14(11)19-9-15(20)5-1-2-6-15/h3-4,7-8,19-20H,1-2,5-6,9,17H2. The van der Waals surface area contributed by atoms with Crippen LogP contribution >= 0.6 is 0 Å². The Hall–Kier alpha value is -1.88. The van der Waals surface area contributed by atoms with Gasteiger partial charge in [0.05, 0.1) is 16.8 Å². The lowest BCUT2D eigenvalue weighted by atomic mass is 10.0. The number of aromatic nitrogens is 1. The molecule has 1 aliphatic carbocycles. The van der Waals surface area contributed by atoms with E-state index in [-0.39, 0.29) is 0 Å². The molecule has 5 heteroatoms. The van der Waals surface area contributed by atoms with Gasteiger partial charge in [-0.15, -0.1) is 0 Å². The summed E-state index contributed by atoms with van der Waals surface area (Å²) < 4.78 is 14.1. The highest BCUT2D eigenvalue weighted by molar-refractivity contribution is 5.98. The van der Waals surface area contributed by atoms with Crippen LogP contribution in [-0.2, 0) is 0 Å². The van der Waals surface area contributed by atoms with Crippen molar-refractivity contribution in [3.05, 3.63) is 30.2 Å². The Kier molecular flexibility index (Phi) is 3.22. The monoisotopic (exact) mass is 275 g/mol. The number of nitrogens with two attached hydrogens (primary N) is 1. The van der Waals surface area contributed by atoms with Crippen LogP contribution in [0.2, 0.25) is 0 Å². The van der Waals surface area contributed by atoms with Crippen molar-refractivity contribution in [1.29, 1.82) is 0 Å². The lowest BCUT2D eigenvalue weighted by Gasteiger charge is -2.23. The predicted molar refractivity (Wildman–Crippen MR) is 78.0 cm³/mol. The van der Waals surface area contributed by atoms with Gasteiger partial charge in [0.2, 0.25) is 0 Å². The first-order chi connectivity index (χ1) is 9.59. The molecule has 1 heterocycles. The molecule has 20 heavy (non-hydrogen) atoms. The Morgan fingerprint density at radius 1 is 1.40 bits per heavy atom. The van der Waals surface area contributed by atoms with Gasteiger partial charge in [0, 0.05) is 23.8 Å². The zero-order chi connectivity index (χ0) is 14.2. The van der Waals surface area contributed by atoms with Gasteiger partial charge in [-0.25, -0.2) is 4.39 Å². The molecule has 4 N–H and O–H groups in total. The molecule has 1 aromatic carbocycles. The summed E-state index contributed by atoms with van der Waals surface area (Å²) in [4.78, 5) is 4.21. The van der Waals surface area contributed by atoms with Gasteiger partial charge in [0.1, 0.15) is 0 Å². The highest BCUT2D eigenvalue weighted by atomic mass is 19.1. The van der Waals surface area contributed by atoms with Crippen molar-refractivity contribution < 1.29 is 9.50 Å². The number of fused-ring (bicyclic) bond motifs is 1. The molecule has 1 saturated carbocycles. The van der Waals surface area contributed by atoms with E-state index in [2.05, 4.69) is 10.3 Å². The third kappa shape index (κ3) is 2.29. The molecule has 0 atom stereocenters. The molecule has 1 aliphatic rings. The first kappa shape index (κ1) is 13.1. The van der Waals surface area contributed by atoms with Crippen molar-refractivity contribution >= 4 is 22.3 Å². The number of pyridine rings is 1. The van der Waals surface area contributed by atoms with Crippen molar-refractivity contribution in [2.75, 3.05) is 17.6 Å². The van der Waals surface area contributed by atoms with Crippen molar-refractivity contribution in [1.82, 2.24) is 4.98 Å². The van der Waals surface area contributed by atoms with E-state index >= 15 is 0 Å². The lowest BCUT2D eigenvalue weighted by molar-refractivity contribution is 0.0614. The van der Waals surface area contributed by atoms with Crippen LogP contribution in [-0.4, -0.2) is 22.2 Å².